The first-order chi connectivity index (χ1) is 38.4. The van der Waals surface area contributed by atoms with Crippen molar-refractivity contribution in [1.82, 2.24) is 20.4 Å². The number of ether oxygens (including phenoxy) is 5. The minimum atomic E-state index is -1.58. The van der Waals surface area contributed by atoms with Gasteiger partial charge in [-0.2, -0.15) is 0 Å². The zero-order chi connectivity index (χ0) is 55.6. The molecule has 3 fully saturated rings. The van der Waals surface area contributed by atoms with Gasteiger partial charge in [0.25, 0.3) is 6.47 Å². The van der Waals surface area contributed by atoms with E-state index in [1.54, 1.807) is 42.5 Å². The topological polar surface area (TPSA) is 228 Å². The van der Waals surface area contributed by atoms with Crippen LogP contribution in [-0.4, -0.2) is 115 Å². The van der Waals surface area contributed by atoms with Gasteiger partial charge in [-0.15, -0.1) is 0 Å². The number of amides is 4. The number of likely N-dealkylation sites (tertiary alicyclic amines) is 1. The van der Waals surface area contributed by atoms with Gasteiger partial charge in [0, 0.05) is 25.2 Å². The van der Waals surface area contributed by atoms with E-state index in [0.29, 0.717) is 71.7 Å². The standard InChI is InChI=1S/C61H65N5O13/c1-4-31-77-59(73)51-38(2)65(53(40-16-7-5-8-17-40)54(79-37-68)41-18-9-6-10-19-41)55(61(51)47-22-11-12-23-48(47)64-60(61)74)42-25-27-44(28-26-42)76-33-34-78-58(72)46-36-50-56(70)63-49(24-13-14-29-62-39(3)69)57(71)66(50)52(46)43-20-15-21-45(35-43)75-32-30-67/h4-12,15-23,25-28,35,37-38,46,49-55,67H,1,13-14,24,29-34,36H2,2-3H3,(H,62,69)(H,63,70)(H,64,74). The van der Waals surface area contributed by atoms with Crippen molar-refractivity contribution in [2.45, 2.75) is 87.3 Å². The number of anilines is 1. The van der Waals surface area contributed by atoms with E-state index in [1.165, 1.54) is 17.9 Å². The third-order valence-electron chi connectivity index (χ3n) is 15.5. The van der Waals surface area contributed by atoms with Crippen molar-refractivity contribution in [2.75, 3.05) is 44.9 Å². The van der Waals surface area contributed by atoms with E-state index in [-0.39, 0.29) is 57.2 Å². The second-order valence-electron chi connectivity index (χ2n) is 20.1. The Morgan fingerprint density at radius 1 is 0.810 bits per heavy atom. The Kier molecular flexibility index (Phi) is 17.5. The number of rotatable bonds is 24. The van der Waals surface area contributed by atoms with E-state index < -0.39 is 77.5 Å². The van der Waals surface area contributed by atoms with E-state index in [0.717, 1.165) is 5.56 Å². The number of carbonyl (C=O) groups excluding carboxylic acids is 7. The average Bonchev–Trinajstić information content (AvgIpc) is 3.08. The number of unbranched alkanes of at least 4 members (excludes halogenated alkanes) is 1. The molecule has 4 heterocycles. The van der Waals surface area contributed by atoms with Gasteiger partial charge in [0.1, 0.15) is 61.5 Å². The van der Waals surface area contributed by atoms with Crippen LogP contribution in [0.4, 0.5) is 5.69 Å². The van der Waals surface area contributed by atoms with Crippen molar-refractivity contribution >= 4 is 47.7 Å². The van der Waals surface area contributed by atoms with Gasteiger partial charge in [-0.3, -0.25) is 38.5 Å². The molecule has 0 bridgehead atoms. The van der Waals surface area contributed by atoms with E-state index >= 15 is 4.79 Å². The number of aliphatic hydroxyl groups excluding tert-OH is 1. The number of carbonyl (C=O) groups is 7. The summed E-state index contributed by atoms with van der Waals surface area (Å²) in [6.07, 6.45) is 2.05. The molecule has 412 valence electrons. The highest BCUT2D eigenvalue weighted by atomic mass is 16.6. The largest absolute Gasteiger partial charge is 0.491 e. The summed E-state index contributed by atoms with van der Waals surface area (Å²) in [5.74, 6) is -3.73. The normalized spacial score (nSPS) is 23.8. The van der Waals surface area contributed by atoms with E-state index in [4.69, 9.17) is 23.7 Å². The second kappa shape index (κ2) is 25.0. The molecular weight excluding hydrogens is 1010 g/mol. The predicted octanol–water partition coefficient (Wildman–Crippen LogP) is 6.38. The predicted molar refractivity (Wildman–Crippen MR) is 289 cm³/mol. The number of fused-ring (bicyclic) bond motifs is 3. The van der Waals surface area contributed by atoms with Crippen LogP contribution in [0, 0.1) is 11.8 Å². The van der Waals surface area contributed by atoms with Crippen LogP contribution in [-0.2, 0) is 53.2 Å². The summed E-state index contributed by atoms with van der Waals surface area (Å²) in [6.45, 7) is 7.37. The van der Waals surface area contributed by atoms with Crippen LogP contribution in [0.2, 0.25) is 0 Å². The summed E-state index contributed by atoms with van der Waals surface area (Å²) < 4.78 is 29.7. The number of hydrogen-bond acceptors (Lipinski definition) is 14. The summed E-state index contributed by atoms with van der Waals surface area (Å²) in [5, 5.41) is 18.1. The lowest BCUT2D eigenvalue weighted by molar-refractivity contribution is -0.153. The number of hydrogen-bond donors (Lipinski definition) is 4. The van der Waals surface area contributed by atoms with E-state index in [1.807, 2.05) is 97.9 Å². The van der Waals surface area contributed by atoms with Crippen LogP contribution >= 0.6 is 0 Å². The number of nitrogens with zero attached hydrogens (tertiary/aromatic N) is 2. The zero-order valence-electron chi connectivity index (χ0n) is 44.1. The molecule has 0 radical (unpaired) electrons. The van der Waals surface area contributed by atoms with Gasteiger partial charge >= 0.3 is 11.9 Å². The molecule has 79 heavy (non-hydrogen) atoms. The number of para-hydroxylation sites is 1. The average molecular weight is 1080 g/mol. The van der Waals surface area contributed by atoms with Crippen molar-refractivity contribution in [3.05, 3.63) is 174 Å². The summed E-state index contributed by atoms with van der Waals surface area (Å²) >= 11 is 0. The first kappa shape index (κ1) is 55.4. The molecule has 1 spiro atoms. The highest BCUT2D eigenvalue weighted by molar-refractivity contribution is 6.10. The molecule has 0 saturated carbocycles. The van der Waals surface area contributed by atoms with Gasteiger partial charge in [-0.1, -0.05) is 116 Å². The van der Waals surface area contributed by atoms with E-state index in [9.17, 15) is 33.9 Å². The van der Waals surface area contributed by atoms with Gasteiger partial charge in [-0.25, -0.2) is 0 Å². The number of nitrogens with one attached hydrogen (secondary N) is 3. The summed E-state index contributed by atoms with van der Waals surface area (Å²) in [5.41, 5.74) is 2.21. The molecule has 5 aromatic carbocycles. The highest BCUT2D eigenvalue weighted by Crippen LogP contribution is 2.63. The lowest BCUT2D eigenvalue weighted by Gasteiger charge is -2.42. The summed E-state index contributed by atoms with van der Waals surface area (Å²) in [6, 6.07) is 35.1. The maximum absolute atomic E-state index is 15.2. The molecular formula is C61H65N5O13. The van der Waals surface area contributed by atoms with Crippen LogP contribution in [0.15, 0.2) is 146 Å². The molecule has 4 amide bonds. The van der Waals surface area contributed by atoms with Crippen LogP contribution in [0.1, 0.15) is 91.6 Å². The van der Waals surface area contributed by atoms with Crippen molar-refractivity contribution in [3.63, 3.8) is 0 Å². The SMILES string of the molecule is C=CCOC(=O)C1C(C)N(C(c2ccccc2)C(OC=O)c2ccccc2)C(c2ccc(OCCOC(=O)C3CC4C(=O)NC(CCCCNC(C)=O)C(=O)N4C3c3cccc(OCCO)c3)cc2)C12C(=O)Nc1ccccc12. The molecule has 10 atom stereocenters. The molecule has 18 heteroatoms. The molecule has 4 N–H and O–H groups in total. The minimum absolute atomic E-state index is 0.00644. The van der Waals surface area contributed by atoms with Gasteiger partial charge in [0.05, 0.1) is 36.6 Å². The maximum Gasteiger partial charge on any atom is 0.312 e. The number of aliphatic hydroxyl groups is 1. The maximum atomic E-state index is 15.2. The van der Waals surface area contributed by atoms with Crippen molar-refractivity contribution in [2.24, 2.45) is 11.8 Å². The Morgan fingerprint density at radius 3 is 2.23 bits per heavy atom. The Bertz CT molecular complexity index is 3020. The van der Waals surface area contributed by atoms with Gasteiger partial charge in [-0.05, 0) is 90.8 Å². The lowest BCUT2D eigenvalue weighted by atomic mass is 9.65. The third kappa shape index (κ3) is 11.2. The Balaban J connectivity index is 0.995. The molecule has 9 rings (SSSR count). The van der Waals surface area contributed by atoms with Crippen LogP contribution in [0.3, 0.4) is 0 Å². The fourth-order valence-electron chi connectivity index (χ4n) is 12.3. The minimum Gasteiger partial charge on any atom is -0.491 e. The van der Waals surface area contributed by atoms with Gasteiger partial charge in [0.15, 0.2) is 0 Å². The lowest BCUT2D eigenvalue weighted by Crippen LogP contribution is -2.61. The van der Waals surface area contributed by atoms with Crippen LogP contribution in [0.25, 0.3) is 0 Å². The first-order valence-electron chi connectivity index (χ1n) is 26.7. The number of piperazine rings is 1. The monoisotopic (exact) mass is 1080 g/mol. The quantitative estimate of drug-likeness (QED) is 0.0173. The molecule has 0 aromatic heterocycles. The molecule has 10 unspecified atom stereocenters. The van der Waals surface area contributed by atoms with E-state index in [2.05, 4.69) is 27.4 Å². The van der Waals surface area contributed by atoms with Crippen molar-refractivity contribution in [1.29, 1.82) is 0 Å². The van der Waals surface area contributed by atoms with Gasteiger partial charge in [0.2, 0.25) is 23.6 Å². The number of esters is 2. The smallest absolute Gasteiger partial charge is 0.312 e. The summed E-state index contributed by atoms with van der Waals surface area (Å²) in [7, 11) is 0. The van der Waals surface area contributed by atoms with Crippen LogP contribution in [0.5, 0.6) is 11.5 Å². The molecule has 18 nitrogen and oxygen atoms in total. The molecule has 0 aliphatic carbocycles. The first-order valence-corrected chi connectivity index (χ1v) is 26.7. The Labute approximate surface area is 458 Å². The van der Waals surface area contributed by atoms with Crippen molar-refractivity contribution < 1.29 is 62.4 Å². The fourth-order valence-corrected chi connectivity index (χ4v) is 12.3. The zero-order valence-corrected chi connectivity index (χ0v) is 44.1. The number of benzene rings is 5. The van der Waals surface area contributed by atoms with Crippen LogP contribution < -0.4 is 25.4 Å². The van der Waals surface area contributed by atoms with Crippen molar-refractivity contribution in [3.8, 4) is 11.5 Å². The third-order valence-corrected chi connectivity index (χ3v) is 15.5. The summed E-state index contributed by atoms with van der Waals surface area (Å²) in [4.78, 5) is 99.7. The highest BCUT2D eigenvalue weighted by Gasteiger charge is 2.70. The van der Waals surface area contributed by atoms with Gasteiger partial charge < -0.3 is 49.6 Å². The molecule has 4 aliphatic heterocycles. The molecule has 5 aromatic rings. The molecule has 4 aliphatic rings. The Morgan fingerprint density at radius 2 is 1.52 bits per heavy atom. The molecule has 3 saturated heterocycles. The second-order valence-corrected chi connectivity index (χ2v) is 20.1. The Hall–Kier alpha value is -8.35. The fraction of sp³-hybridized carbons (Fsp3) is 0.361.